The summed E-state index contributed by atoms with van der Waals surface area (Å²) in [4.78, 5) is 16.1. The summed E-state index contributed by atoms with van der Waals surface area (Å²) in [5.74, 6) is 0.605. The lowest BCUT2D eigenvalue weighted by Gasteiger charge is -2.33. The van der Waals surface area contributed by atoms with Crippen molar-refractivity contribution < 1.29 is 13.2 Å². The number of fused-ring (bicyclic) bond motifs is 1. The summed E-state index contributed by atoms with van der Waals surface area (Å²) in [7, 11) is 0.469. The van der Waals surface area contributed by atoms with Gasteiger partial charge in [-0.15, -0.1) is 0 Å². The molecule has 0 spiro atoms. The number of carbonyl (C=O) groups is 1. The van der Waals surface area contributed by atoms with E-state index in [9.17, 15) is 13.2 Å². The molecule has 5 nitrogen and oxygen atoms in total. The monoisotopic (exact) mass is 302 g/mol. The minimum Gasteiger partial charge on any atom is -0.349 e. The average molecular weight is 302 g/mol. The van der Waals surface area contributed by atoms with Crippen LogP contribution >= 0.6 is 0 Å². The Bertz CT molecular complexity index is 473. The summed E-state index contributed by atoms with van der Waals surface area (Å²) in [6.45, 7) is 6.53. The van der Waals surface area contributed by atoms with Crippen LogP contribution < -0.4 is 0 Å². The highest BCUT2D eigenvalue weighted by atomic mass is 32.2. The third-order valence-corrected chi connectivity index (χ3v) is 6.68. The summed E-state index contributed by atoms with van der Waals surface area (Å²) >= 11 is 0. The van der Waals surface area contributed by atoms with Gasteiger partial charge >= 0.3 is 0 Å². The van der Waals surface area contributed by atoms with Crippen molar-refractivity contribution in [3.8, 4) is 0 Å². The Morgan fingerprint density at radius 3 is 2.50 bits per heavy atom. The first-order chi connectivity index (χ1) is 9.22. The molecule has 0 aromatic heterocycles. The standard InChI is InChI=1S/C14H26N2O3S/c1-10(2)7-16-8-12-11(14(17)15(3)4)5-6-20(18,19)13(12)9-16/h10-13H,5-9H2,1-4H3/t11-,12+,13+/m0/s1. The van der Waals surface area contributed by atoms with E-state index in [1.807, 2.05) is 0 Å². The molecule has 116 valence electrons. The van der Waals surface area contributed by atoms with Gasteiger partial charge in [0.2, 0.25) is 5.91 Å². The molecule has 0 aliphatic carbocycles. The Hall–Kier alpha value is -0.620. The Labute approximate surface area is 122 Å². The van der Waals surface area contributed by atoms with Crippen molar-refractivity contribution in [1.82, 2.24) is 9.80 Å². The molecule has 20 heavy (non-hydrogen) atoms. The molecule has 3 atom stereocenters. The normalized spacial score (nSPS) is 33.1. The van der Waals surface area contributed by atoms with Crippen molar-refractivity contribution >= 4 is 15.7 Å². The molecular formula is C14H26N2O3S. The highest BCUT2D eigenvalue weighted by molar-refractivity contribution is 7.92. The van der Waals surface area contributed by atoms with Crippen LogP contribution in [0.1, 0.15) is 20.3 Å². The van der Waals surface area contributed by atoms with Crippen molar-refractivity contribution in [3.05, 3.63) is 0 Å². The van der Waals surface area contributed by atoms with Crippen molar-refractivity contribution in [2.45, 2.75) is 25.5 Å². The molecule has 0 saturated carbocycles. The Morgan fingerprint density at radius 2 is 1.95 bits per heavy atom. The first-order valence-corrected chi connectivity index (χ1v) is 9.09. The third kappa shape index (κ3) is 3.01. The zero-order valence-electron chi connectivity index (χ0n) is 12.9. The summed E-state index contributed by atoms with van der Waals surface area (Å²) in [6, 6.07) is 0. The van der Waals surface area contributed by atoms with E-state index < -0.39 is 9.84 Å². The van der Waals surface area contributed by atoms with Gasteiger partial charge in [-0.1, -0.05) is 13.8 Å². The minimum atomic E-state index is -3.03. The minimum absolute atomic E-state index is 0.0256. The summed E-state index contributed by atoms with van der Waals surface area (Å²) in [6.07, 6.45) is 0.482. The fourth-order valence-corrected chi connectivity index (χ4v) is 5.74. The molecule has 0 bridgehead atoms. The van der Waals surface area contributed by atoms with Crippen LogP contribution in [0.25, 0.3) is 0 Å². The van der Waals surface area contributed by atoms with E-state index in [1.165, 1.54) is 0 Å². The quantitative estimate of drug-likeness (QED) is 0.760. The van der Waals surface area contributed by atoms with E-state index in [0.717, 1.165) is 13.1 Å². The van der Waals surface area contributed by atoms with Crippen LogP contribution in [-0.4, -0.2) is 68.9 Å². The topological polar surface area (TPSA) is 57.7 Å². The van der Waals surface area contributed by atoms with E-state index >= 15 is 0 Å². The van der Waals surface area contributed by atoms with Gasteiger partial charge in [0.25, 0.3) is 0 Å². The van der Waals surface area contributed by atoms with Crippen LogP contribution in [0.4, 0.5) is 0 Å². The van der Waals surface area contributed by atoms with E-state index in [1.54, 1.807) is 19.0 Å². The lowest BCUT2D eigenvalue weighted by atomic mass is 9.87. The molecule has 0 aromatic rings. The lowest BCUT2D eigenvalue weighted by Crippen LogP contribution is -2.46. The predicted molar refractivity (Wildman–Crippen MR) is 79.1 cm³/mol. The summed E-state index contributed by atoms with van der Waals surface area (Å²) in [5.41, 5.74) is 0. The second-order valence-electron chi connectivity index (χ2n) is 6.81. The highest BCUT2D eigenvalue weighted by Gasteiger charge is 2.50. The molecular weight excluding hydrogens is 276 g/mol. The van der Waals surface area contributed by atoms with E-state index in [4.69, 9.17) is 0 Å². The van der Waals surface area contributed by atoms with Crippen LogP contribution in [0.3, 0.4) is 0 Å². The first kappa shape index (κ1) is 15.8. The zero-order chi connectivity index (χ0) is 15.1. The van der Waals surface area contributed by atoms with Crippen LogP contribution in [0.15, 0.2) is 0 Å². The maximum Gasteiger partial charge on any atom is 0.225 e. The predicted octanol–water partition coefficient (Wildman–Crippen LogP) is 0.466. The lowest BCUT2D eigenvalue weighted by molar-refractivity contribution is -0.134. The van der Waals surface area contributed by atoms with Gasteiger partial charge in [-0.25, -0.2) is 8.42 Å². The van der Waals surface area contributed by atoms with E-state index in [2.05, 4.69) is 18.7 Å². The van der Waals surface area contributed by atoms with Gasteiger partial charge < -0.3 is 9.80 Å². The Morgan fingerprint density at radius 1 is 1.30 bits per heavy atom. The molecule has 6 heteroatoms. The SMILES string of the molecule is CC(C)CN1C[C@@H]2[C@@H](C(=O)N(C)C)CCS(=O)(=O)[C@@H]2C1. The Balaban J connectivity index is 2.20. The molecule has 0 aromatic carbocycles. The fraction of sp³-hybridized carbons (Fsp3) is 0.929. The summed E-state index contributed by atoms with van der Waals surface area (Å²) in [5, 5.41) is -0.344. The third-order valence-electron chi connectivity index (χ3n) is 4.46. The second-order valence-corrected chi connectivity index (χ2v) is 9.15. The van der Waals surface area contributed by atoms with Gasteiger partial charge in [0.15, 0.2) is 9.84 Å². The van der Waals surface area contributed by atoms with Crippen molar-refractivity contribution in [2.24, 2.45) is 17.8 Å². The van der Waals surface area contributed by atoms with Gasteiger partial charge in [-0.05, 0) is 12.3 Å². The molecule has 0 radical (unpaired) electrons. The van der Waals surface area contributed by atoms with Gasteiger partial charge in [-0.2, -0.15) is 0 Å². The maximum absolute atomic E-state index is 12.3. The number of nitrogens with zero attached hydrogens (tertiary/aromatic N) is 2. The molecule has 2 saturated heterocycles. The van der Waals surface area contributed by atoms with Crippen LogP contribution in [0.2, 0.25) is 0 Å². The van der Waals surface area contributed by atoms with Gasteiger partial charge in [0.1, 0.15) is 0 Å². The number of sulfone groups is 1. The Kier molecular flexibility index (Phi) is 4.44. The number of amides is 1. The number of rotatable bonds is 3. The molecule has 0 unspecified atom stereocenters. The second kappa shape index (κ2) is 5.64. The first-order valence-electron chi connectivity index (χ1n) is 7.37. The van der Waals surface area contributed by atoms with Crippen molar-refractivity contribution in [3.63, 3.8) is 0 Å². The average Bonchev–Trinajstić information content (AvgIpc) is 2.72. The van der Waals surface area contributed by atoms with Crippen LogP contribution in [-0.2, 0) is 14.6 Å². The van der Waals surface area contributed by atoms with Crippen molar-refractivity contribution in [1.29, 1.82) is 0 Å². The molecule has 2 fully saturated rings. The van der Waals surface area contributed by atoms with Crippen molar-refractivity contribution in [2.75, 3.05) is 39.5 Å². The number of hydrogen-bond acceptors (Lipinski definition) is 4. The molecule has 2 heterocycles. The smallest absolute Gasteiger partial charge is 0.225 e. The molecule has 0 N–H and O–H groups in total. The van der Waals surface area contributed by atoms with Crippen LogP contribution in [0, 0.1) is 17.8 Å². The highest BCUT2D eigenvalue weighted by Crippen LogP contribution is 2.37. The number of carbonyl (C=O) groups excluding carboxylic acids is 1. The molecule has 2 rings (SSSR count). The van der Waals surface area contributed by atoms with Gasteiger partial charge in [0, 0.05) is 45.6 Å². The van der Waals surface area contributed by atoms with E-state index in [-0.39, 0.29) is 28.7 Å². The molecule has 2 aliphatic rings. The summed E-state index contributed by atoms with van der Waals surface area (Å²) < 4.78 is 24.6. The molecule has 2 aliphatic heterocycles. The zero-order valence-corrected chi connectivity index (χ0v) is 13.7. The van der Waals surface area contributed by atoms with Gasteiger partial charge in [-0.3, -0.25) is 4.79 Å². The molecule has 1 amide bonds. The number of likely N-dealkylation sites (tertiary alicyclic amines) is 1. The van der Waals surface area contributed by atoms with Crippen LogP contribution in [0.5, 0.6) is 0 Å². The fourth-order valence-electron chi connectivity index (χ4n) is 3.61. The largest absolute Gasteiger partial charge is 0.349 e. The maximum atomic E-state index is 12.3. The van der Waals surface area contributed by atoms with E-state index in [0.29, 0.717) is 18.9 Å². The number of hydrogen-bond donors (Lipinski definition) is 0. The van der Waals surface area contributed by atoms with Gasteiger partial charge in [0.05, 0.1) is 11.0 Å².